The van der Waals surface area contributed by atoms with E-state index in [1.54, 1.807) is 6.92 Å². The van der Waals surface area contributed by atoms with Gasteiger partial charge in [-0.1, -0.05) is 33.1 Å². The van der Waals surface area contributed by atoms with Crippen LogP contribution in [0.4, 0.5) is 0 Å². The third-order valence-electron chi connectivity index (χ3n) is 1.93. The van der Waals surface area contributed by atoms with Crippen LogP contribution in [0.25, 0.3) is 0 Å². The number of hydrogen-bond acceptors (Lipinski definition) is 2. The predicted octanol–water partition coefficient (Wildman–Crippen LogP) is 3.23. The first-order valence-electron chi connectivity index (χ1n) is 4.86. The molecule has 0 aliphatic carbocycles. The summed E-state index contributed by atoms with van der Waals surface area (Å²) in [6, 6.07) is 0. The highest BCUT2D eigenvalue weighted by atomic mass is 32.1. The molecule has 0 heterocycles. The van der Waals surface area contributed by atoms with Gasteiger partial charge in [0.2, 0.25) is 0 Å². The Hall–Kier alpha value is 0.310. The summed E-state index contributed by atoms with van der Waals surface area (Å²) in [7, 11) is 0. The van der Waals surface area contributed by atoms with Crippen LogP contribution in [0.1, 0.15) is 52.9 Å². The van der Waals surface area contributed by atoms with Gasteiger partial charge in [0.1, 0.15) is 4.93 Å². The zero-order chi connectivity index (χ0) is 9.61. The molecule has 1 atom stereocenters. The molecule has 0 aromatic rings. The number of aliphatic hydroxyl groups is 1. The van der Waals surface area contributed by atoms with Crippen molar-refractivity contribution in [2.75, 3.05) is 0 Å². The highest BCUT2D eigenvalue weighted by Crippen LogP contribution is 2.18. The first kappa shape index (κ1) is 12.3. The molecular formula is C10H22OS. The first-order valence-corrected chi connectivity index (χ1v) is 5.31. The summed E-state index contributed by atoms with van der Waals surface area (Å²) in [6.07, 6.45) is 5.68. The second kappa shape index (κ2) is 5.87. The van der Waals surface area contributed by atoms with Crippen LogP contribution in [-0.4, -0.2) is 10.0 Å². The van der Waals surface area contributed by atoms with Crippen molar-refractivity contribution in [1.29, 1.82) is 0 Å². The van der Waals surface area contributed by atoms with Crippen LogP contribution < -0.4 is 0 Å². The van der Waals surface area contributed by atoms with Crippen molar-refractivity contribution < 1.29 is 5.11 Å². The van der Waals surface area contributed by atoms with Crippen molar-refractivity contribution in [2.24, 2.45) is 5.92 Å². The average Bonchev–Trinajstić information content (AvgIpc) is 1.83. The van der Waals surface area contributed by atoms with Crippen LogP contribution in [0.3, 0.4) is 0 Å². The quantitative estimate of drug-likeness (QED) is 0.374. The Kier molecular flexibility index (Phi) is 6.02. The molecule has 0 aromatic heterocycles. The lowest BCUT2D eigenvalue weighted by Gasteiger charge is -2.15. The largest absolute Gasteiger partial charge is 0.380 e. The maximum Gasteiger partial charge on any atom is 0.104 e. The van der Waals surface area contributed by atoms with Crippen molar-refractivity contribution >= 4 is 12.6 Å². The first-order chi connectivity index (χ1) is 5.42. The standard InChI is InChI=1S/C10H22OS/c1-9(2)7-5-4-6-8-10(3,11)12/h9,11-12H,4-8H2,1-3H3. The van der Waals surface area contributed by atoms with Gasteiger partial charge >= 0.3 is 0 Å². The molecule has 0 fully saturated rings. The summed E-state index contributed by atoms with van der Waals surface area (Å²) >= 11 is 4.05. The van der Waals surface area contributed by atoms with Crippen LogP contribution >= 0.6 is 12.6 Å². The highest BCUT2D eigenvalue weighted by Gasteiger charge is 2.11. The molecule has 2 heteroatoms. The second-order valence-corrected chi connectivity index (χ2v) is 5.17. The van der Waals surface area contributed by atoms with E-state index in [2.05, 4.69) is 26.5 Å². The zero-order valence-electron chi connectivity index (χ0n) is 8.51. The van der Waals surface area contributed by atoms with Crippen LogP contribution in [0.15, 0.2) is 0 Å². The Labute approximate surface area is 82.0 Å². The van der Waals surface area contributed by atoms with Gasteiger partial charge < -0.3 is 5.11 Å². The molecule has 0 saturated carbocycles. The van der Waals surface area contributed by atoms with E-state index in [-0.39, 0.29) is 0 Å². The molecule has 0 aliphatic rings. The number of rotatable bonds is 6. The van der Waals surface area contributed by atoms with E-state index in [0.717, 1.165) is 18.8 Å². The Morgan fingerprint density at radius 1 is 1.25 bits per heavy atom. The van der Waals surface area contributed by atoms with E-state index in [4.69, 9.17) is 0 Å². The van der Waals surface area contributed by atoms with Crippen molar-refractivity contribution in [3.05, 3.63) is 0 Å². The molecule has 0 bridgehead atoms. The lowest BCUT2D eigenvalue weighted by atomic mass is 10.0. The molecule has 0 spiro atoms. The normalized spacial score (nSPS) is 16.5. The summed E-state index contributed by atoms with van der Waals surface area (Å²) < 4.78 is 0. The molecule has 0 amide bonds. The fourth-order valence-corrected chi connectivity index (χ4v) is 1.35. The maximum absolute atomic E-state index is 9.29. The smallest absolute Gasteiger partial charge is 0.104 e. The average molecular weight is 190 g/mol. The minimum absolute atomic E-state index is 0.766. The van der Waals surface area contributed by atoms with Crippen molar-refractivity contribution in [2.45, 2.75) is 57.8 Å². The fourth-order valence-electron chi connectivity index (χ4n) is 1.19. The summed E-state index contributed by atoms with van der Waals surface area (Å²) in [6.45, 7) is 6.24. The number of unbranched alkanes of at least 4 members (excludes halogenated alkanes) is 2. The van der Waals surface area contributed by atoms with E-state index in [1.807, 2.05) is 0 Å². The minimum atomic E-state index is -0.766. The second-order valence-electron chi connectivity index (χ2n) is 4.21. The van der Waals surface area contributed by atoms with E-state index in [9.17, 15) is 5.11 Å². The summed E-state index contributed by atoms with van der Waals surface area (Å²) in [5.41, 5.74) is 0. The summed E-state index contributed by atoms with van der Waals surface area (Å²) in [5, 5.41) is 9.29. The molecule has 0 aliphatic heterocycles. The van der Waals surface area contributed by atoms with Crippen LogP contribution in [-0.2, 0) is 0 Å². The van der Waals surface area contributed by atoms with Gasteiger partial charge in [-0.15, -0.1) is 12.6 Å². The van der Waals surface area contributed by atoms with Gasteiger partial charge in [0.05, 0.1) is 0 Å². The monoisotopic (exact) mass is 190 g/mol. The van der Waals surface area contributed by atoms with E-state index >= 15 is 0 Å². The third kappa shape index (κ3) is 10.3. The lowest BCUT2D eigenvalue weighted by Crippen LogP contribution is -2.14. The van der Waals surface area contributed by atoms with Gasteiger partial charge in [0, 0.05) is 0 Å². The molecule has 1 nitrogen and oxygen atoms in total. The number of thiol groups is 1. The molecular weight excluding hydrogens is 168 g/mol. The summed E-state index contributed by atoms with van der Waals surface area (Å²) in [5.74, 6) is 0.807. The Balaban J connectivity index is 3.12. The van der Waals surface area contributed by atoms with Crippen molar-refractivity contribution in [1.82, 2.24) is 0 Å². The molecule has 0 saturated heterocycles. The van der Waals surface area contributed by atoms with Gasteiger partial charge in [-0.05, 0) is 25.7 Å². The SMILES string of the molecule is CC(C)CCCCCC(C)(O)S. The summed E-state index contributed by atoms with van der Waals surface area (Å²) in [4.78, 5) is -0.766. The molecule has 74 valence electrons. The Bertz CT molecular complexity index is 105. The van der Waals surface area contributed by atoms with Gasteiger partial charge in [-0.3, -0.25) is 0 Å². The van der Waals surface area contributed by atoms with E-state index < -0.39 is 4.93 Å². The predicted molar refractivity (Wildman–Crippen MR) is 57.5 cm³/mol. The molecule has 0 aromatic carbocycles. The molecule has 12 heavy (non-hydrogen) atoms. The van der Waals surface area contributed by atoms with Gasteiger partial charge in [-0.25, -0.2) is 0 Å². The minimum Gasteiger partial charge on any atom is -0.380 e. The maximum atomic E-state index is 9.29. The molecule has 1 N–H and O–H groups in total. The van der Waals surface area contributed by atoms with Crippen molar-refractivity contribution in [3.8, 4) is 0 Å². The molecule has 0 radical (unpaired) electrons. The fraction of sp³-hybridized carbons (Fsp3) is 1.00. The van der Waals surface area contributed by atoms with Crippen LogP contribution in [0.5, 0.6) is 0 Å². The van der Waals surface area contributed by atoms with Gasteiger partial charge in [0.25, 0.3) is 0 Å². The van der Waals surface area contributed by atoms with Crippen LogP contribution in [0.2, 0.25) is 0 Å². The lowest BCUT2D eigenvalue weighted by molar-refractivity contribution is 0.146. The third-order valence-corrected chi connectivity index (χ3v) is 2.16. The topological polar surface area (TPSA) is 20.2 Å². The zero-order valence-corrected chi connectivity index (χ0v) is 9.40. The van der Waals surface area contributed by atoms with Gasteiger partial charge in [0.15, 0.2) is 0 Å². The molecule has 0 rings (SSSR count). The van der Waals surface area contributed by atoms with Crippen LogP contribution in [0, 0.1) is 5.92 Å². The van der Waals surface area contributed by atoms with E-state index in [1.165, 1.54) is 19.3 Å². The number of hydrogen-bond donors (Lipinski definition) is 2. The highest BCUT2D eigenvalue weighted by molar-refractivity contribution is 7.81. The Morgan fingerprint density at radius 3 is 2.25 bits per heavy atom. The van der Waals surface area contributed by atoms with Crippen molar-refractivity contribution in [3.63, 3.8) is 0 Å². The van der Waals surface area contributed by atoms with E-state index in [0.29, 0.717) is 0 Å². The Morgan fingerprint density at radius 2 is 1.83 bits per heavy atom. The molecule has 1 unspecified atom stereocenters. The van der Waals surface area contributed by atoms with Gasteiger partial charge in [-0.2, -0.15) is 0 Å².